The number of esters is 2. The van der Waals surface area contributed by atoms with Crippen LogP contribution in [0.4, 0.5) is 0 Å². The predicted octanol–water partition coefficient (Wildman–Crippen LogP) is 5.17. The summed E-state index contributed by atoms with van der Waals surface area (Å²) in [5, 5.41) is 12.6. The van der Waals surface area contributed by atoms with Crippen LogP contribution in [0, 0.1) is 0 Å². The Morgan fingerprint density at radius 1 is 1.08 bits per heavy atom. The smallest absolute Gasteiger partial charge is 0.340 e. The van der Waals surface area contributed by atoms with Gasteiger partial charge < -0.3 is 33.7 Å². The molecule has 2 aromatic carbocycles. The van der Waals surface area contributed by atoms with Gasteiger partial charge >= 0.3 is 11.9 Å². The second-order valence-corrected chi connectivity index (χ2v) is 10.5. The number of ether oxygens (including phenoxy) is 5. The van der Waals surface area contributed by atoms with E-state index in [1.54, 1.807) is 12.3 Å². The highest BCUT2D eigenvalue weighted by atomic mass is 79.9. The van der Waals surface area contributed by atoms with Crippen molar-refractivity contribution in [1.82, 2.24) is 4.90 Å². The summed E-state index contributed by atoms with van der Waals surface area (Å²) in [7, 11) is 3.95. The Kier molecular flexibility index (Phi) is 7.53. The van der Waals surface area contributed by atoms with E-state index in [9.17, 15) is 14.7 Å². The van der Waals surface area contributed by atoms with Crippen molar-refractivity contribution >= 4 is 45.3 Å². The molecule has 2 aliphatic rings. The van der Waals surface area contributed by atoms with Crippen molar-refractivity contribution in [3.63, 3.8) is 0 Å². The summed E-state index contributed by atoms with van der Waals surface area (Å²) in [6.07, 6.45) is 3.13. The molecule has 9 nitrogen and oxygen atoms in total. The second kappa shape index (κ2) is 11.0. The summed E-state index contributed by atoms with van der Waals surface area (Å²) < 4.78 is 27.4. The highest BCUT2D eigenvalue weighted by Gasteiger charge is 2.33. The molecule has 3 aromatic rings. The third kappa shape index (κ3) is 5.07. The predicted molar refractivity (Wildman–Crippen MR) is 147 cm³/mol. The van der Waals surface area contributed by atoms with Gasteiger partial charge in [0, 0.05) is 22.1 Å². The molecule has 1 atom stereocenters. The number of methoxy groups -OCH3 is 3. The fraction of sp³-hybridized carbons (Fsp3) is 0.214. The number of rotatable bonds is 6. The fourth-order valence-electron chi connectivity index (χ4n) is 4.58. The van der Waals surface area contributed by atoms with Gasteiger partial charge in [-0.25, -0.2) is 9.59 Å². The number of carbonyl (C=O) groups excluding carboxylic acids is 2. The van der Waals surface area contributed by atoms with Crippen LogP contribution in [0.1, 0.15) is 27.6 Å². The molecule has 39 heavy (non-hydrogen) atoms. The highest BCUT2D eigenvalue weighted by Crippen LogP contribution is 2.44. The Morgan fingerprint density at radius 3 is 2.46 bits per heavy atom. The molecule has 0 radical (unpaired) electrons. The number of phenolic OH excluding ortho intramolecular Hbond substituents is 1. The lowest BCUT2D eigenvalue weighted by Crippen LogP contribution is -2.28. The quantitative estimate of drug-likeness (QED) is 0.377. The Hall–Kier alpha value is -3.96. The molecule has 0 saturated carbocycles. The molecule has 0 saturated heterocycles. The number of carbonyl (C=O) groups is 2. The highest BCUT2D eigenvalue weighted by molar-refractivity contribution is 9.10. The lowest BCUT2D eigenvalue weighted by Gasteiger charge is -2.34. The summed E-state index contributed by atoms with van der Waals surface area (Å²) in [6, 6.07) is 10.4. The minimum absolute atomic E-state index is 0.00345. The maximum absolute atomic E-state index is 13.1. The average Bonchev–Trinajstić information content (AvgIpc) is 3.62. The number of hydrogen-bond acceptors (Lipinski definition) is 10. The second-order valence-electron chi connectivity index (χ2n) is 8.62. The number of hydrogen-bond donors (Lipinski definition) is 1. The van der Waals surface area contributed by atoms with Gasteiger partial charge in [0.05, 0.1) is 38.5 Å². The first-order valence-corrected chi connectivity index (χ1v) is 13.4. The molecular formula is C28H24BrNO8S. The van der Waals surface area contributed by atoms with Crippen LogP contribution < -0.4 is 14.2 Å². The van der Waals surface area contributed by atoms with E-state index in [2.05, 4.69) is 15.9 Å². The molecule has 3 heterocycles. The van der Waals surface area contributed by atoms with E-state index >= 15 is 0 Å². The Labute approximate surface area is 236 Å². The summed E-state index contributed by atoms with van der Waals surface area (Å²) in [6.45, 7) is 0.417. The van der Waals surface area contributed by atoms with Crippen LogP contribution in [0.2, 0.25) is 0 Å². The van der Waals surface area contributed by atoms with Gasteiger partial charge in [-0.05, 0) is 58.5 Å². The van der Waals surface area contributed by atoms with Gasteiger partial charge in [0.15, 0.2) is 23.0 Å². The third-order valence-corrected chi connectivity index (χ3v) is 8.08. The zero-order chi connectivity index (χ0) is 27.7. The maximum atomic E-state index is 13.1. The van der Waals surface area contributed by atoms with Crippen molar-refractivity contribution in [3.05, 3.63) is 85.2 Å². The number of fused-ring (bicyclic) bond motifs is 2. The molecule has 202 valence electrons. The van der Waals surface area contributed by atoms with Crippen molar-refractivity contribution in [1.29, 1.82) is 0 Å². The summed E-state index contributed by atoms with van der Waals surface area (Å²) in [5.41, 5.74) is 2.08. The first kappa shape index (κ1) is 26.6. The van der Waals surface area contributed by atoms with Crippen molar-refractivity contribution in [3.8, 4) is 23.0 Å². The van der Waals surface area contributed by atoms with Gasteiger partial charge in [-0.2, -0.15) is 0 Å². The normalized spacial score (nSPS) is 15.9. The fourth-order valence-corrected chi connectivity index (χ4v) is 5.89. The number of phenols is 1. The van der Waals surface area contributed by atoms with Gasteiger partial charge in [0.25, 0.3) is 0 Å². The van der Waals surface area contributed by atoms with E-state index in [1.807, 2.05) is 34.5 Å². The third-order valence-electron chi connectivity index (χ3n) is 6.41. The molecule has 1 N–H and O–H groups in total. The van der Waals surface area contributed by atoms with Gasteiger partial charge in [0.2, 0.25) is 6.79 Å². The van der Waals surface area contributed by atoms with Crippen LogP contribution >= 0.6 is 27.3 Å². The Morgan fingerprint density at radius 2 is 1.79 bits per heavy atom. The van der Waals surface area contributed by atoms with Crippen molar-refractivity contribution in [2.75, 3.05) is 28.1 Å². The molecule has 0 spiro atoms. The number of aromatic hydroxyl groups is 1. The number of thiophene rings is 1. The van der Waals surface area contributed by atoms with Gasteiger partial charge in [0.1, 0.15) is 0 Å². The molecule has 0 fully saturated rings. The Bertz CT molecular complexity index is 1500. The average molecular weight is 614 g/mol. The lowest BCUT2D eigenvalue weighted by atomic mass is 9.91. The van der Waals surface area contributed by atoms with Crippen molar-refractivity contribution in [2.24, 2.45) is 0 Å². The van der Waals surface area contributed by atoms with Gasteiger partial charge in [-0.1, -0.05) is 22.0 Å². The minimum atomic E-state index is -0.730. The lowest BCUT2D eigenvalue weighted by molar-refractivity contribution is -0.139. The Balaban J connectivity index is 1.79. The van der Waals surface area contributed by atoms with E-state index in [0.717, 1.165) is 20.5 Å². The molecule has 1 aromatic heterocycles. The van der Waals surface area contributed by atoms with E-state index < -0.39 is 18.0 Å². The van der Waals surface area contributed by atoms with E-state index in [-0.39, 0.29) is 36.0 Å². The molecular weight excluding hydrogens is 590 g/mol. The molecule has 1 unspecified atom stereocenters. The topological polar surface area (TPSA) is 104 Å². The zero-order valence-electron chi connectivity index (χ0n) is 21.2. The van der Waals surface area contributed by atoms with E-state index in [1.165, 1.54) is 44.8 Å². The minimum Gasteiger partial charge on any atom is -0.504 e. The van der Waals surface area contributed by atoms with Crippen LogP contribution in [0.5, 0.6) is 23.0 Å². The van der Waals surface area contributed by atoms with Crippen LogP contribution in [0.3, 0.4) is 0 Å². The van der Waals surface area contributed by atoms with Gasteiger partial charge in [-0.3, -0.25) is 0 Å². The molecule has 5 rings (SSSR count). The summed E-state index contributed by atoms with van der Waals surface area (Å²) in [4.78, 5) is 28.9. The first-order chi connectivity index (χ1) is 18.8. The molecule has 11 heteroatoms. The van der Waals surface area contributed by atoms with Gasteiger partial charge in [-0.15, -0.1) is 11.3 Å². The summed E-state index contributed by atoms with van der Waals surface area (Å²) >= 11 is 5.17. The number of halogens is 1. The standard InChI is InChI=1S/C28H24BrNO8S/c1-34-22-10-17-15(8-21(22)31)7-18(27(32)35-2)19(28(33)36-3)13-30(26(17)25-5-4-6-39-25)12-16-9-23-24(11-20(16)29)38-14-37-23/h4-11,13,26,31H,12,14H2,1-3H3. The number of benzene rings is 2. The van der Waals surface area contributed by atoms with Crippen LogP contribution in [0.15, 0.2) is 63.6 Å². The van der Waals surface area contributed by atoms with Crippen LogP contribution in [-0.2, 0) is 25.6 Å². The first-order valence-electron chi connectivity index (χ1n) is 11.7. The monoisotopic (exact) mass is 613 g/mol. The van der Waals surface area contributed by atoms with Crippen molar-refractivity contribution < 1.29 is 38.4 Å². The van der Waals surface area contributed by atoms with Crippen molar-refractivity contribution in [2.45, 2.75) is 12.6 Å². The molecule has 2 aliphatic heterocycles. The largest absolute Gasteiger partial charge is 0.504 e. The molecule has 0 amide bonds. The molecule has 0 aliphatic carbocycles. The SMILES string of the molecule is COC(=O)C1=Cc2cc(O)c(OC)cc2C(c2cccs2)N(Cc2cc3c(cc2Br)OCO3)C=C1C(=O)OC. The van der Waals surface area contributed by atoms with E-state index in [0.29, 0.717) is 17.1 Å². The summed E-state index contributed by atoms with van der Waals surface area (Å²) in [5.74, 6) is -0.0621. The maximum Gasteiger partial charge on any atom is 0.340 e. The zero-order valence-corrected chi connectivity index (χ0v) is 23.6. The number of nitrogens with zero attached hydrogens (tertiary/aromatic N) is 1. The molecule has 0 bridgehead atoms. The van der Waals surface area contributed by atoms with Crippen LogP contribution in [-0.4, -0.2) is 50.1 Å². The van der Waals surface area contributed by atoms with Crippen LogP contribution in [0.25, 0.3) is 6.08 Å². The van der Waals surface area contributed by atoms with E-state index in [4.69, 9.17) is 23.7 Å².